The zero-order valence-electron chi connectivity index (χ0n) is 17.2. The first-order valence-electron chi connectivity index (χ1n) is 10.6. The van der Waals surface area contributed by atoms with Gasteiger partial charge in [-0.25, -0.2) is 0 Å². The summed E-state index contributed by atoms with van der Waals surface area (Å²) >= 11 is 0. The number of aliphatic imine (C=N–C) groups is 1. The van der Waals surface area contributed by atoms with Gasteiger partial charge in [-0.05, 0) is 30.6 Å². The molecule has 0 aromatic carbocycles. The summed E-state index contributed by atoms with van der Waals surface area (Å²) in [4.78, 5) is 4.63. The fourth-order valence-electron chi connectivity index (χ4n) is 3.90. The van der Waals surface area contributed by atoms with E-state index in [-0.39, 0.29) is 0 Å². The Morgan fingerprint density at radius 1 is 1.00 bits per heavy atom. The summed E-state index contributed by atoms with van der Waals surface area (Å²) in [6.45, 7) is 12.5. The first-order chi connectivity index (χ1) is 11.4. The van der Waals surface area contributed by atoms with Gasteiger partial charge in [0.1, 0.15) is 6.10 Å². The second-order valence-electron chi connectivity index (χ2n) is 9.16. The highest BCUT2D eigenvalue weighted by molar-refractivity contribution is 5.77. The van der Waals surface area contributed by atoms with Crippen molar-refractivity contribution in [2.24, 2.45) is 16.3 Å². The predicted octanol–water partition coefficient (Wildman–Crippen LogP) is 7.17. The minimum atomic E-state index is 0.343. The normalized spacial score (nSPS) is 19.2. The average Bonchev–Trinajstić information content (AvgIpc) is 2.91. The molecule has 142 valence electrons. The second-order valence-corrected chi connectivity index (χ2v) is 9.16. The molecule has 0 amide bonds. The molecule has 0 aromatic heterocycles. The van der Waals surface area contributed by atoms with Gasteiger partial charge in [-0.1, -0.05) is 86.0 Å². The highest BCUT2D eigenvalue weighted by Gasteiger charge is 2.24. The third-order valence-corrected chi connectivity index (χ3v) is 4.89. The molecule has 1 aliphatic heterocycles. The number of hydrogen-bond donors (Lipinski definition) is 0. The molecule has 24 heavy (non-hydrogen) atoms. The predicted molar refractivity (Wildman–Crippen MR) is 107 cm³/mol. The Labute approximate surface area is 151 Å². The standard InChI is InChI=1S/C22H43NO/c1-6-7-8-9-10-11-12-13-14-15-21-23-18-20(24-21)16-19(2)17-22(3,4)5/h19-20H,6-18H2,1-5H3/t19-,20+/m0/s1. The van der Waals surface area contributed by atoms with E-state index in [1.165, 1.54) is 64.2 Å². The molecule has 0 spiro atoms. The summed E-state index contributed by atoms with van der Waals surface area (Å²) in [5.74, 6) is 1.75. The minimum absolute atomic E-state index is 0.343. The Morgan fingerprint density at radius 3 is 2.17 bits per heavy atom. The summed E-state index contributed by atoms with van der Waals surface area (Å²) in [5, 5.41) is 0. The number of ether oxygens (including phenoxy) is 1. The molecule has 1 aliphatic rings. The summed E-state index contributed by atoms with van der Waals surface area (Å²) in [5.41, 5.74) is 0.415. The van der Waals surface area contributed by atoms with Gasteiger partial charge in [0.2, 0.25) is 0 Å². The van der Waals surface area contributed by atoms with Crippen LogP contribution in [0.3, 0.4) is 0 Å². The fourth-order valence-corrected chi connectivity index (χ4v) is 3.90. The van der Waals surface area contributed by atoms with Gasteiger partial charge < -0.3 is 4.74 Å². The van der Waals surface area contributed by atoms with Crippen molar-refractivity contribution >= 4 is 5.90 Å². The number of hydrogen-bond acceptors (Lipinski definition) is 2. The van der Waals surface area contributed by atoms with E-state index in [0.29, 0.717) is 11.5 Å². The number of rotatable bonds is 13. The van der Waals surface area contributed by atoms with Crippen LogP contribution in [0, 0.1) is 11.3 Å². The van der Waals surface area contributed by atoms with Crippen molar-refractivity contribution in [3.05, 3.63) is 0 Å². The van der Waals surface area contributed by atoms with Crippen LogP contribution >= 0.6 is 0 Å². The molecule has 2 atom stereocenters. The van der Waals surface area contributed by atoms with Crippen molar-refractivity contribution < 1.29 is 4.74 Å². The van der Waals surface area contributed by atoms with E-state index < -0.39 is 0 Å². The lowest BCUT2D eigenvalue weighted by atomic mass is 9.83. The van der Waals surface area contributed by atoms with E-state index in [9.17, 15) is 0 Å². The van der Waals surface area contributed by atoms with Crippen molar-refractivity contribution in [3.63, 3.8) is 0 Å². The van der Waals surface area contributed by atoms with Gasteiger partial charge in [0.05, 0.1) is 6.54 Å². The van der Waals surface area contributed by atoms with Gasteiger partial charge in [0.15, 0.2) is 5.90 Å². The fraction of sp³-hybridized carbons (Fsp3) is 0.955. The van der Waals surface area contributed by atoms with Crippen LogP contribution < -0.4 is 0 Å². The highest BCUT2D eigenvalue weighted by atomic mass is 16.5. The Kier molecular flexibility index (Phi) is 10.7. The number of unbranched alkanes of at least 4 members (excludes halogenated alkanes) is 8. The molecule has 0 saturated heterocycles. The molecule has 0 radical (unpaired) electrons. The van der Waals surface area contributed by atoms with Gasteiger partial charge in [-0.2, -0.15) is 0 Å². The monoisotopic (exact) mass is 337 g/mol. The quantitative estimate of drug-likeness (QED) is 0.326. The molecule has 2 nitrogen and oxygen atoms in total. The Balaban J connectivity index is 1.99. The number of nitrogens with zero attached hydrogens (tertiary/aromatic N) is 1. The summed E-state index contributed by atoms with van der Waals surface area (Å²) < 4.78 is 6.07. The summed E-state index contributed by atoms with van der Waals surface area (Å²) in [6, 6.07) is 0. The maximum Gasteiger partial charge on any atom is 0.183 e. The molecule has 0 bridgehead atoms. The SMILES string of the molecule is CCCCCCCCCCCC1=NC[C@@H](C[C@H](C)CC(C)(C)C)O1. The van der Waals surface area contributed by atoms with E-state index >= 15 is 0 Å². The molecule has 0 aliphatic carbocycles. The van der Waals surface area contributed by atoms with E-state index in [4.69, 9.17) is 4.74 Å². The molecular formula is C22H43NO. The largest absolute Gasteiger partial charge is 0.476 e. The molecule has 0 unspecified atom stereocenters. The van der Waals surface area contributed by atoms with Crippen LogP contribution in [0.15, 0.2) is 4.99 Å². The Hall–Kier alpha value is -0.530. The van der Waals surface area contributed by atoms with Crippen LogP contribution in [-0.2, 0) is 4.74 Å². The maximum atomic E-state index is 6.07. The van der Waals surface area contributed by atoms with Crippen molar-refractivity contribution in [2.75, 3.05) is 6.54 Å². The van der Waals surface area contributed by atoms with E-state index in [0.717, 1.165) is 31.2 Å². The van der Waals surface area contributed by atoms with Gasteiger partial charge in [0.25, 0.3) is 0 Å². The van der Waals surface area contributed by atoms with Crippen LogP contribution in [0.1, 0.15) is 112 Å². The van der Waals surface area contributed by atoms with Crippen LogP contribution in [0.4, 0.5) is 0 Å². The topological polar surface area (TPSA) is 21.6 Å². The van der Waals surface area contributed by atoms with Gasteiger partial charge >= 0.3 is 0 Å². The molecular weight excluding hydrogens is 294 g/mol. The van der Waals surface area contributed by atoms with Gasteiger partial charge in [0, 0.05) is 6.42 Å². The van der Waals surface area contributed by atoms with Crippen molar-refractivity contribution in [2.45, 2.75) is 118 Å². The zero-order chi connectivity index (χ0) is 17.8. The molecule has 0 saturated carbocycles. The maximum absolute atomic E-state index is 6.07. The summed E-state index contributed by atoms with van der Waals surface area (Å²) in [6.07, 6.45) is 16.2. The third kappa shape index (κ3) is 11.1. The van der Waals surface area contributed by atoms with E-state index in [1.54, 1.807) is 0 Å². The molecule has 1 rings (SSSR count). The Morgan fingerprint density at radius 2 is 1.58 bits per heavy atom. The first kappa shape index (κ1) is 21.5. The third-order valence-electron chi connectivity index (χ3n) is 4.89. The minimum Gasteiger partial charge on any atom is -0.476 e. The molecule has 2 heteroatoms. The van der Waals surface area contributed by atoms with Crippen molar-refractivity contribution in [3.8, 4) is 0 Å². The lowest BCUT2D eigenvalue weighted by Crippen LogP contribution is -2.20. The van der Waals surface area contributed by atoms with E-state index in [1.807, 2.05) is 0 Å². The van der Waals surface area contributed by atoms with Crippen LogP contribution in [0.2, 0.25) is 0 Å². The average molecular weight is 338 g/mol. The first-order valence-corrected chi connectivity index (χ1v) is 10.6. The summed E-state index contributed by atoms with van der Waals surface area (Å²) in [7, 11) is 0. The van der Waals surface area contributed by atoms with Crippen LogP contribution in [-0.4, -0.2) is 18.5 Å². The molecule has 1 heterocycles. The lowest BCUT2D eigenvalue weighted by Gasteiger charge is -2.24. The van der Waals surface area contributed by atoms with Crippen molar-refractivity contribution in [1.29, 1.82) is 0 Å². The van der Waals surface area contributed by atoms with E-state index in [2.05, 4.69) is 39.6 Å². The lowest BCUT2D eigenvalue weighted by molar-refractivity contribution is 0.167. The van der Waals surface area contributed by atoms with Crippen LogP contribution in [0.5, 0.6) is 0 Å². The van der Waals surface area contributed by atoms with Crippen molar-refractivity contribution in [1.82, 2.24) is 0 Å². The second kappa shape index (κ2) is 11.9. The highest BCUT2D eigenvalue weighted by Crippen LogP contribution is 2.28. The molecule has 0 aromatic rings. The van der Waals surface area contributed by atoms with Crippen LogP contribution in [0.25, 0.3) is 0 Å². The zero-order valence-corrected chi connectivity index (χ0v) is 17.2. The smallest absolute Gasteiger partial charge is 0.183 e. The Bertz CT molecular complexity index is 342. The van der Waals surface area contributed by atoms with Gasteiger partial charge in [-0.15, -0.1) is 0 Å². The molecule has 0 N–H and O–H groups in total. The molecule has 0 fully saturated rings. The van der Waals surface area contributed by atoms with Gasteiger partial charge in [-0.3, -0.25) is 4.99 Å².